The number of H-pyrrole nitrogens is 1. The number of ether oxygens (including phenoxy) is 3. The van der Waals surface area contributed by atoms with Gasteiger partial charge in [-0.05, 0) is 22.2 Å². The van der Waals surface area contributed by atoms with Gasteiger partial charge in [0.25, 0.3) is 5.56 Å². The Bertz CT molecular complexity index is 1020. The van der Waals surface area contributed by atoms with Gasteiger partial charge in [-0.3, -0.25) is 14.3 Å². The number of rotatable bonds is 10. The Morgan fingerprint density at radius 1 is 1.03 bits per heavy atom. The molecule has 2 saturated heterocycles. The van der Waals surface area contributed by atoms with Crippen LogP contribution >= 0.6 is 23.2 Å². The fraction of sp³-hybridized carbons (Fsp3) is 0.833. The van der Waals surface area contributed by atoms with Crippen LogP contribution in [0, 0.1) is 0 Å². The van der Waals surface area contributed by atoms with Crippen LogP contribution in [-0.2, 0) is 27.2 Å². The molecule has 3 heterocycles. The average Bonchev–Trinajstić information content (AvgIpc) is 3.12. The third kappa shape index (κ3) is 6.50. The Kier molecular flexibility index (Phi) is 10.9. The average molecular weight is 614 g/mol. The molecule has 0 saturated carbocycles. The molecule has 0 spiro atoms. The zero-order valence-electron chi connectivity index (χ0n) is 23.4. The van der Waals surface area contributed by atoms with Crippen molar-refractivity contribution >= 4 is 40.3 Å². The van der Waals surface area contributed by atoms with Crippen molar-refractivity contribution in [2.45, 2.75) is 107 Å². The second kappa shape index (κ2) is 13.0. The van der Waals surface area contributed by atoms with Crippen LogP contribution < -0.4 is 11.2 Å². The van der Waals surface area contributed by atoms with Crippen LogP contribution in [0.4, 0.5) is 0 Å². The summed E-state index contributed by atoms with van der Waals surface area (Å²) in [5.74, 6) is 0. The standard InChI is InChI=1S/C24H42Cl2N2O8Si2/c1-14(2)37(15(3)4)33-11-18-21(35-38(36-37,16(5)6)17(7)8)22(32-13-31-12-19(25)26)23(34-18)28-10-9-20(29)27-24(28)30/h9-10,14-19,21-23H,11-13H2,1-8H3,(H,27,29,30)/t18-,21-,22-,23-/m1/s1. The molecule has 2 aliphatic heterocycles. The summed E-state index contributed by atoms with van der Waals surface area (Å²) >= 11 is 11.6. The highest BCUT2D eigenvalue weighted by Crippen LogP contribution is 2.48. The zero-order chi connectivity index (χ0) is 28.4. The first-order valence-electron chi connectivity index (χ1n) is 13.2. The smallest absolute Gasteiger partial charge is 0.335 e. The van der Waals surface area contributed by atoms with Crippen LogP contribution in [0.2, 0.25) is 22.2 Å². The fourth-order valence-electron chi connectivity index (χ4n) is 5.42. The number of nitrogens with one attached hydrogen (secondary N) is 1. The summed E-state index contributed by atoms with van der Waals surface area (Å²) in [5, 5.41) is 0. The van der Waals surface area contributed by atoms with Crippen molar-refractivity contribution in [2.24, 2.45) is 0 Å². The van der Waals surface area contributed by atoms with E-state index in [0.29, 0.717) is 0 Å². The van der Waals surface area contributed by atoms with E-state index >= 15 is 0 Å². The first-order valence-corrected chi connectivity index (χ1v) is 18.0. The molecular weight excluding hydrogens is 571 g/mol. The molecule has 0 aromatic carbocycles. The lowest BCUT2D eigenvalue weighted by Gasteiger charge is -2.51. The number of halogens is 2. The van der Waals surface area contributed by atoms with Gasteiger partial charge in [-0.25, -0.2) is 4.79 Å². The van der Waals surface area contributed by atoms with Crippen molar-refractivity contribution in [1.82, 2.24) is 9.55 Å². The van der Waals surface area contributed by atoms with E-state index in [9.17, 15) is 9.59 Å². The number of aromatic nitrogens is 2. The van der Waals surface area contributed by atoms with Crippen molar-refractivity contribution < 1.29 is 27.2 Å². The first kappa shape index (κ1) is 32.0. The highest BCUT2D eigenvalue weighted by atomic mass is 35.5. The number of alkyl halides is 2. The summed E-state index contributed by atoms with van der Waals surface area (Å²) in [4.78, 5) is 26.1. The summed E-state index contributed by atoms with van der Waals surface area (Å²) < 4.78 is 40.5. The second-order valence-corrected chi connectivity index (χ2v) is 21.3. The first-order chi connectivity index (χ1) is 17.7. The molecule has 3 rings (SSSR count). The molecule has 38 heavy (non-hydrogen) atoms. The number of hydrogen-bond acceptors (Lipinski definition) is 8. The van der Waals surface area contributed by atoms with Gasteiger partial charge in [-0.1, -0.05) is 55.4 Å². The van der Waals surface area contributed by atoms with Crippen molar-refractivity contribution in [3.8, 4) is 0 Å². The lowest BCUT2D eigenvalue weighted by atomic mass is 10.1. The van der Waals surface area contributed by atoms with Crippen LogP contribution in [0.25, 0.3) is 0 Å². The molecule has 2 fully saturated rings. The normalized spacial score (nSPS) is 27.3. The van der Waals surface area contributed by atoms with E-state index in [4.69, 9.17) is 50.4 Å². The maximum Gasteiger partial charge on any atom is 0.335 e. The lowest BCUT2D eigenvalue weighted by Crippen LogP contribution is -2.66. The molecular formula is C24H42Cl2N2O8Si2. The zero-order valence-corrected chi connectivity index (χ0v) is 27.0. The van der Waals surface area contributed by atoms with Crippen molar-refractivity contribution in [1.29, 1.82) is 0 Å². The Hall–Kier alpha value is -0.546. The van der Waals surface area contributed by atoms with Gasteiger partial charge in [-0.15, -0.1) is 23.2 Å². The molecule has 1 aromatic heterocycles. The Balaban J connectivity index is 2.09. The van der Waals surface area contributed by atoms with Gasteiger partial charge in [0.15, 0.2) is 6.23 Å². The van der Waals surface area contributed by atoms with E-state index in [0.717, 1.165) is 0 Å². The third-order valence-corrected chi connectivity index (χ3v) is 17.8. The molecule has 10 nitrogen and oxygen atoms in total. The van der Waals surface area contributed by atoms with Gasteiger partial charge < -0.3 is 27.2 Å². The molecule has 2 aliphatic rings. The Morgan fingerprint density at radius 2 is 1.63 bits per heavy atom. The van der Waals surface area contributed by atoms with Crippen LogP contribution in [-0.4, -0.2) is 69.8 Å². The Morgan fingerprint density at radius 3 is 2.16 bits per heavy atom. The maximum atomic E-state index is 12.8. The van der Waals surface area contributed by atoms with Gasteiger partial charge in [0.05, 0.1) is 13.2 Å². The van der Waals surface area contributed by atoms with Gasteiger partial charge in [-0.2, -0.15) is 0 Å². The highest BCUT2D eigenvalue weighted by molar-refractivity contribution is 6.84. The molecule has 0 amide bonds. The van der Waals surface area contributed by atoms with Crippen molar-refractivity contribution in [2.75, 3.05) is 20.0 Å². The van der Waals surface area contributed by atoms with Crippen molar-refractivity contribution in [3.05, 3.63) is 33.1 Å². The summed E-state index contributed by atoms with van der Waals surface area (Å²) in [7, 11) is -5.76. The largest absolute Gasteiger partial charge is 0.414 e. The number of aromatic amines is 1. The molecule has 0 aliphatic carbocycles. The van der Waals surface area contributed by atoms with Gasteiger partial charge in [0.2, 0.25) is 0 Å². The van der Waals surface area contributed by atoms with Crippen LogP contribution in [0.15, 0.2) is 21.9 Å². The predicted octanol–water partition coefficient (Wildman–Crippen LogP) is 4.55. The molecule has 0 radical (unpaired) electrons. The monoisotopic (exact) mass is 612 g/mol. The minimum absolute atomic E-state index is 0.0642. The summed E-state index contributed by atoms with van der Waals surface area (Å²) in [6, 6.07) is 1.27. The SMILES string of the molecule is CC(C)[Si]1(C(C)C)OC[C@H]2O[C@@H](n3ccc(=O)[nH]c3=O)[C@H](OCOCC(Cl)Cl)[C@@H]2O[Si](C(C)C)(C(C)C)O1. The van der Waals surface area contributed by atoms with E-state index in [-0.39, 0.29) is 42.2 Å². The van der Waals surface area contributed by atoms with Gasteiger partial charge in [0.1, 0.15) is 29.9 Å². The van der Waals surface area contributed by atoms with Crippen LogP contribution in [0.5, 0.6) is 0 Å². The second-order valence-electron chi connectivity index (χ2n) is 11.2. The predicted molar refractivity (Wildman–Crippen MR) is 150 cm³/mol. The summed E-state index contributed by atoms with van der Waals surface area (Å²) in [5.41, 5.74) is -0.594. The quantitative estimate of drug-likeness (QED) is 0.177. The third-order valence-electron chi connectivity index (χ3n) is 7.33. The summed E-state index contributed by atoms with van der Waals surface area (Å²) in [6.07, 6.45) is -1.44. The van der Waals surface area contributed by atoms with E-state index in [2.05, 4.69) is 60.4 Å². The van der Waals surface area contributed by atoms with Gasteiger partial charge >= 0.3 is 22.8 Å². The molecule has 218 valence electrons. The molecule has 4 atom stereocenters. The lowest BCUT2D eigenvalue weighted by molar-refractivity contribution is -0.138. The van der Waals surface area contributed by atoms with E-state index in [1.807, 2.05) is 0 Å². The van der Waals surface area contributed by atoms with E-state index in [1.54, 1.807) is 0 Å². The van der Waals surface area contributed by atoms with E-state index in [1.165, 1.54) is 16.8 Å². The maximum absolute atomic E-state index is 12.8. The highest BCUT2D eigenvalue weighted by Gasteiger charge is 2.62. The number of nitrogens with zero attached hydrogens (tertiary/aromatic N) is 1. The Labute approximate surface area is 236 Å². The topological polar surface area (TPSA) is 110 Å². The molecule has 1 aromatic rings. The van der Waals surface area contributed by atoms with Crippen molar-refractivity contribution in [3.63, 3.8) is 0 Å². The molecule has 0 unspecified atom stereocenters. The fourth-order valence-corrected chi connectivity index (χ4v) is 16.8. The number of hydrogen-bond donors (Lipinski definition) is 1. The molecule has 1 N–H and O–H groups in total. The van der Waals surface area contributed by atoms with Crippen LogP contribution in [0.3, 0.4) is 0 Å². The van der Waals surface area contributed by atoms with E-state index < -0.39 is 57.7 Å². The molecule has 0 bridgehead atoms. The minimum Gasteiger partial charge on any atom is -0.414 e. The summed E-state index contributed by atoms with van der Waals surface area (Å²) in [6.45, 7) is 17.2. The minimum atomic E-state index is -2.98. The molecule has 14 heteroatoms. The van der Waals surface area contributed by atoms with Crippen LogP contribution in [0.1, 0.15) is 61.6 Å². The number of fused-ring (bicyclic) bond motifs is 1. The van der Waals surface area contributed by atoms with Gasteiger partial charge in [0, 0.05) is 12.3 Å².